The Morgan fingerprint density at radius 3 is 2.52 bits per heavy atom. The van der Waals surface area contributed by atoms with Crippen molar-refractivity contribution in [2.45, 2.75) is 19.4 Å². The molecule has 6 nitrogen and oxygen atoms in total. The Morgan fingerprint density at radius 2 is 1.63 bits per heavy atom. The normalized spacial score (nSPS) is 12.0. The van der Waals surface area contributed by atoms with Crippen molar-refractivity contribution in [1.29, 1.82) is 0 Å². The number of aryl methyl sites for hydroxylation is 1. The molecule has 0 atom stereocenters. The van der Waals surface area contributed by atoms with Gasteiger partial charge in [0, 0.05) is 19.2 Å². The van der Waals surface area contributed by atoms with Crippen molar-refractivity contribution in [3.8, 4) is 11.5 Å². The fourth-order valence-corrected chi connectivity index (χ4v) is 2.95. The van der Waals surface area contributed by atoms with Gasteiger partial charge in [0.25, 0.3) is 0 Å². The molecule has 6 heteroatoms. The number of hydrogen-bond donors (Lipinski definition) is 2. The van der Waals surface area contributed by atoms with Crippen LogP contribution in [0.4, 0.5) is 11.6 Å². The molecule has 3 aromatic rings. The molecule has 0 spiro atoms. The summed E-state index contributed by atoms with van der Waals surface area (Å²) in [5.41, 5.74) is 2.46. The molecular formula is C21H22N4O2. The number of aromatic nitrogens is 2. The van der Waals surface area contributed by atoms with Gasteiger partial charge in [-0.05, 0) is 36.1 Å². The van der Waals surface area contributed by atoms with Gasteiger partial charge in [-0.3, -0.25) is 0 Å². The Balaban J connectivity index is 1.26. The second-order valence-corrected chi connectivity index (χ2v) is 6.35. The lowest BCUT2D eigenvalue weighted by Gasteiger charge is -2.09. The van der Waals surface area contributed by atoms with Crippen LogP contribution < -0.4 is 20.1 Å². The molecular weight excluding hydrogens is 340 g/mol. The van der Waals surface area contributed by atoms with Crippen LogP contribution in [0.15, 0.2) is 60.9 Å². The summed E-state index contributed by atoms with van der Waals surface area (Å²) in [4.78, 5) is 8.57. The third kappa shape index (κ3) is 4.67. The van der Waals surface area contributed by atoms with Gasteiger partial charge in [0.15, 0.2) is 11.5 Å². The minimum atomic E-state index is 0.289. The van der Waals surface area contributed by atoms with Crippen molar-refractivity contribution in [3.05, 3.63) is 72.1 Å². The van der Waals surface area contributed by atoms with E-state index >= 15 is 0 Å². The van der Waals surface area contributed by atoms with E-state index in [2.05, 4.69) is 44.9 Å². The number of ether oxygens (including phenoxy) is 2. The van der Waals surface area contributed by atoms with E-state index in [0.29, 0.717) is 6.54 Å². The highest BCUT2D eigenvalue weighted by molar-refractivity contribution is 5.48. The minimum absolute atomic E-state index is 0.289. The second kappa shape index (κ2) is 8.40. The smallest absolute Gasteiger partial charge is 0.231 e. The van der Waals surface area contributed by atoms with Crippen LogP contribution in [0.1, 0.15) is 17.5 Å². The molecule has 4 rings (SSSR count). The molecule has 0 aliphatic carbocycles. The molecule has 1 aliphatic rings. The lowest BCUT2D eigenvalue weighted by atomic mass is 10.1. The summed E-state index contributed by atoms with van der Waals surface area (Å²) in [6.45, 7) is 1.81. The third-order valence-corrected chi connectivity index (χ3v) is 4.37. The topological polar surface area (TPSA) is 68.3 Å². The molecule has 1 aliphatic heterocycles. The quantitative estimate of drug-likeness (QED) is 0.593. The van der Waals surface area contributed by atoms with Crippen LogP contribution in [0.5, 0.6) is 11.5 Å². The number of fused-ring (bicyclic) bond motifs is 1. The zero-order valence-corrected chi connectivity index (χ0v) is 15.0. The van der Waals surface area contributed by atoms with Crippen molar-refractivity contribution in [3.63, 3.8) is 0 Å². The van der Waals surface area contributed by atoms with Gasteiger partial charge in [0.05, 0.1) is 0 Å². The van der Waals surface area contributed by atoms with E-state index in [1.54, 1.807) is 6.33 Å². The van der Waals surface area contributed by atoms with Crippen molar-refractivity contribution in [2.75, 3.05) is 24.0 Å². The fourth-order valence-electron chi connectivity index (χ4n) is 2.95. The first-order chi connectivity index (χ1) is 13.4. The monoisotopic (exact) mass is 362 g/mol. The first-order valence-electron chi connectivity index (χ1n) is 9.09. The number of benzene rings is 2. The van der Waals surface area contributed by atoms with Crippen molar-refractivity contribution in [1.82, 2.24) is 9.97 Å². The number of nitrogens with zero attached hydrogens (tertiary/aromatic N) is 2. The molecule has 0 unspecified atom stereocenters. The number of hydrogen-bond acceptors (Lipinski definition) is 6. The molecule has 0 amide bonds. The predicted octanol–water partition coefficient (Wildman–Crippen LogP) is 3.86. The van der Waals surface area contributed by atoms with Crippen molar-refractivity contribution >= 4 is 11.6 Å². The molecule has 0 fully saturated rings. The van der Waals surface area contributed by atoms with Gasteiger partial charge < -0.3 is 20.1 Å². The summed E-state index contributed by atoms with van der Waals surface area (Å²) in [6, 6.07) is 18.4. The molecule has 2 aromatic carbocycles. The zero-order valence-electron chi connectivity index (χ0n) is 15.0. The Morgan fingerprint density at radius 1 is 0.815 bits per heavy atom. The van der Waals surface area contributed by atoms with E-state index in [4.69, 9.17) is 9.47 Å². The highest BCUT2D eigenvalue weighted by Gasteiger charge is 2.13. The highest BCUT2D eigenvalue weighted by Crippen LogP contribution is 2.32. The first-order valence-corrected chi connectivity index (χ1v) is 9.09. The Labute approximate surface area is 158 Å². The maximum atomic E-state index is 5.41. The van der Waals surface area contributed by atoms with Crippen LogP contribution in [0, 0.1) is 0 Å². The van der Waals surface area contributed by atoms with E-state index in [0.717, 1.165) is 48.1 Å². The zero-order chi connectivity index (χ0) is 18.3. The Kier molecular flexibility index (Phi) is 5.34. The van der Waals surface area contributed by atoms with Crippen molar-refractivity contribution in [2.24, 2.45) is 0 Å². The van der Waals surface area contributed by atoms with Gasteiger partial charge in [0.1, 0.15) is 18.0 Å². The van der Waals surface area contributed by atoms with Gasteiger partial charge in [-0.1, -0.05) is 36.4 Å². The molecule has 2 N–H and O–H groups in total. The second-order valence-electron chi connectivity index (χ2n) is 6.35. The van der Waals surface area contributed by atoms with Crippen LogP contribution in [-0.2, 0) is 13.0 Å². The molecule has 27 heavy (non-hydrogen) atoms. The number of nitrogens with one attached hydrogen (secondary N) is 2. The summed E-state index contributed by atoms with van der Waals surface area (Å²) in [6.07, 6.45) is 3.67. The van der Waals surface area contributed by atoms with Gasteiger partial charge in [-0.15, -0.1) is 0 Å². The predicted molar refractivity (Wildman–Crippen MR) is 105 cm³/mol. The average molecular weight is 362 g/mol. The van der Waals surface area contributed by atoms with E-state index in [-0.39, 0.29) is 6.79 Å². The van der Waals surface area contributed by atoms with E-state index in [1.165, 1.54) is 5.56 Å². The van der Waals surface area contributed by atoms with Gasteiger partial charge in [0.2, 0.25) is 6.79 Å². The molecule has 0 saturated heterocycles. The van der Waals surface area contributed by atoms with E-state index in [1.807, 2.05) is 30.3 Å². The Hall–Kier alpha value is -3.28. The lowest BCUT2D eigenvalue weighted by molar-refractivity contribution is 0.174. The molecule has 2 heterocycles. The van der Waals surface area contributed by atoms with Gasteiger partial charge in [-0.2, -0.15) is 0 Å². The van der Waals surface area contributed by atoms with E-state index in [9.17, 15) is 0 Å². The molecule has 1 aromatic heterocycles. The van der Waals surface area contributed by atoms with Crippen LogP contribution in [-0.4, -0.2) is 23.3 Å². The summed E-state index contributed by atoms with van der Waals surface area (Å²) in [5.74, 6) is 3.19. The van der Waals surface area contributed by atoms with Gasteiger partial charge >= 0.3 is 0 Å². The van der Waals surface area contributed by atoms with Crippen LogP contribution in [0.3, 0.4) is 0 Å². The Bertz CT molecular complexity index is 886. The SMILES string of the molecule is c1ccc(CCCNc2cc(NCc3ccc4c(c3)OCO4)ncn2)cc1. The maximum absolute atomic E-state index is 5.41. The van der Waals surface area contributed by atoms with Crippen LogP contribution in [0.25, 0.3) is 0 Å². The third-order valence-electron chi connectivity index (χ3n) is 4.37. The van der Waals surface area contributed by atoms with Gasteiger partial charge in [-0.25, -0.2) is 9.97 Å². The van der Waals surface area contributed by atoms with Crippen molar-refractivity contribution < 1.29 is 9.47 Å². The first kappa shape index (κ1) is 17.1. The minimum Gasteiger partial charge on any atom is -0.454 e. The standard InChI is InChI=1S/C21H22N4O2/c1-2-5-16(6-3-1)7-4-10-22-20-12-21(25-14-24-20)23-13-17-8-9-18-19(11-17)27-15-26-18/h1-3,5-6,8-9,11-12,14H,4,7,10,13,15H2,(H2,22,23,24,25). The molecule has 0 radical (unpaired) electrons. The van der Waals surface area contributed by atoms with Crippen LogP contribution in [0.2, 0.25) is 0 Å². The largest absolute Gasteiger partial charge is 0.454 e. The number of rotatable bonds is 8. The highest BCUT2D eigenvalue weighted by atomic mass is 16.7. The fraction of sp³-hybridized carbons (Fsp3) is 0.238. The summed E-state index contributed by atoms with van der Waals surface area (Å²) in [7, 11) is 0. The average Bonchev–Trinajstić information content (AvgIpc) is 3.19. The molecule has 138 valence electrons. The maximum Gasteiger partial charge on any atom is 0.231 e. The summed E-state index contributed by atoms with van der Waals surface area (Å²) >= 11 is 0. The lowest BCUT2D eigenvalue weighted by Crippen LogP contribution is -2.07. The van der Waals surface area contributed by atoms with Crippen LogP contribution >= 0.6 is 0 Å². The summed E-state index contributed by atoms with van der Waals surface area (Å²) in [5, 5.41) is 6.68. The van der Waals surface area contributed by atoms with E-state index < -0.39 is 0 Å². The summed E-state index contributed by atoms with van der Waals surface area (Å²) < 4.78 is 10.7. The molecule has 0 saturated carbocycles. The number of anilines is 2. The molecule has 0 bridgehead atoms.